The quantitative estimate of drug-likeness (QED) is 0.566. The predicted octanol–water partition coefficient (Wildman–Crippen LogP) is 1.76. The normalized spacial score (nSPS) is 16.2. The van der Waals surface area contributed by atoms with Gasteiger partial charge >= 0.3 is 0 Å². The van der Waals surface area contributed by atoms with Gasteiger partial charge in [0, 0.05) is 37.0 Å². The van der Waals surface area contributed by atoms with Gasteiger partial charge in [-0.3, -0.25) is 14.5 Å². The Kier molecular flexibility index (Phi) is 5.95. The Bertz CT molecular complexity index is 1280. The zero-order valence-corrected chi connectivity index (χ0v) is 18.5. The molecule has 3 aromatic rings. The summed E-state index contributed by atoms with van der Waals surface area (Å²) in [6.45, 7) is 0.122. The second-order valence-corrected chi connectivity index (χ2v) is 8.87. The third-order valence-corrected chi connectivity index (χ3v) is 6.54. The number of nitrogens with one attached hydrogen (secondary N) is 2. The highest BCUT2D eigenvalue weighted by molar-refractivity contribution is 7.90. The number of carbonyl (C=O) groups is 1. The van der Waals surface area contributed by atoms with Gasteiger partial charge in [0.15, 0.2) is 0 Å². The average Bonchev–Trinajstić information content (AvgIpc) is 3.32. The summed E-state index contributed by atoms with van der Waals surface area (Å²) < 4.78 is 34.1. The van der Waals surface area contributed by atoms with E-state index < -0.39 is 16.1 Å². The van der Waals surface area contributed by atoms with Crippen molar-refractivity contribution in [1.82, 2.24) is 19.6 Å². The minimum absolute atomic E-state index is 0.0729. The molecule has 10 heteroatoms. The Morgan fingerprint density at radius 3 is 2.72 bits per heavy atom. The number of aliphatic imine (C=N–C) groups is 1. The summed E-state index contributed by atoms with van der Waals surface area (Å²) in [6, 6.07) is 13.5. The average molecular weight is 454 g/mol. The van der Waals surface area contributed by atoms with Gasteiger partial charge in [-0.25, -0.2) is 13.4 Å². The van der Waals surface area contributed by atoms with E-state index in [2.05, 4.69) is 20.0 Å². The van der Waals surface area contributed by atoms with Crippen molar-refractivity contribution in [3.8, 4) is 5.75 Å². The van der Waals surface area contributed by atoms with Crippen molar-refractivity contribution in [2.45, 2.75) is 17.4 Å². The molecule has 2 N–H and O–H groups in total. The Morgan fingerprint density at radius 2 is 1.97 bits per heavy atom. The van der Waals surface area contributed by atoms with E-state index in [1.54, 1.807) is 37.7 Å². The number of sulfonamides is 1. The number of methoxy groups -OCH3 is 1. The van der Waals surface area contributed by atoms with Gasteiger partial charge in [0.25, 0.3) is 10.0 Å². The second-order valence-electron chi connectivity index (χ2n) is 7.22. The maximum atomic E-state index is 12.8. The molecule has 0 saturated carbocycles. The summed E-state index contributed by atoms with van der Waals surface area (Å²) in [5, 5.41) is 3.00. The number of aryl methyl sites for hydroxylation is 1. The highest BCUT2D eigenvalue weighted by Crippen LogP contribution is 2.29. The molecule has 1 aromatic heterocycles. The van der Waals surface area contributed by atoms with Gasteiger partial charge in [0.1, 0.15) is 23.5 Å². The Balaban J connectivity index is 1.51. The highest BCUT2D eigenvalue weighted by Gasteiger charge is 2.30. The lowest BCUT2D eigenvalue weighted by Gasteiger charge is -2.21. The summed E-state index contributed by atoms with van der Waals surface area (Å²) in [7, 11) is -0.179. The Morgan fingerprint density at radius 1 is 1.22 bits per heavy atom. The molecule has 1 amide bonds. The van der Waals surface area contributed by atoms with Crippen LogP contribution in [0.4, 0.5) is 0 Å². The van der Waals surface area contributed by atoms with Gasteiger partial charge in [0.05, 0.1) is 18.6 Å². The van der Waals surface area contributed by atoms with Gasteiger partial charge in [0.2, 0.25) is 5.91 Å². The number of para-hydroxylation sites is 1. The zero-order chi connectivity index (χ0) is 22.7. The highest BCUT2D eigenvalue weighted by atomic mass is 32.2. The molecule has 2 aromatic carbocycles. The van der Waals surface area contributed by atoms with Gasteiger partial charge in [-0.05, 0) is 18.2 Å². The maximum Gasteiger partial charge on any atom is 0.263 e. The van der Waals surface area contributed by atoms with Gasteiger partial charge in [-0.15, -0.1) is 0 Å². The lowest BCUT2D eigenvalue weighted by Crippen LogP contribution is -2.32. The number of amides is 1. The number of imidazole rings is 1. The predicted molar refractivity (Wildman–Crippen MR) is 119 cm³/mol. The minimum Gasteiger partial charge on any atom is -0.496 e. The van der Waals surface area contributed by atoms with E-state index in [9.17, 15) is 13.2 Å². The molecule has 1 aliphatic heterocycles. The van der Waals surface area contributed by atoms with Crippen molar-refractivity contribution in [2.24, 2.45) is 12.0 Å². The first-order valence-corrected chi connectivity index (χ1v) is 11.4. The monoisotopic (exact) mass is 453 g/mol. The second kappa shape index (κ2) is 8.83. The summed E-state index contributed by atoms with van der Waals surface area (Å²) in [5.74, 6) is 1.30. The standard InChI is InChI=1S/C22H23N5O4S/c1-27-14-13-24-22(27)20(15-7-3-5-9-17(15)31-2)25-19(28)11-12-23-21-16-8-4-6-10-18(16)32(29,30)26-21/h3-10,13-14,20H,11-12H2,1-2H3,(H,23,26)(H,25,28)/t20-/m0/s1. The van der Waals surface area contributed by atoms with E-state index >= 15 is 0 Å². The topological polar surface area (TPSA) is 115 Å². The Hall–Kier alpha value is -3.66. The van der Waals surface area contributed by atoms with Crippen LogP contribution in [0.3, 0.4) is 0 Å². The Labute approximate surface area is 186 Å². The molecular formula is C22H23N5O4S. The van der Waals surface area contributed by atoms with Crippen LogP contribution in [0.2, 0.25) is 0 Å². The molecule has 2 heterocycles. The van der Waals surface area contributed by atoms with E-state index in [1.807, 2.05) is 35.9 Å². The van der Waals surface area contributed by atoms with Gasteiger partial charge in [-0.2, -0.15) is 0 Å². The summed E-state index contributed by atoms with van der Waals surface area (Å²) in [4.78, 5) is 21.7. The molecule has 1 atom stereocenters. The van der Waals surface area contributed by atoms with Crippen LogP contribution in [-0.2, 0) is 21.9 Å². The molecule has 4 rings (SSSR count). The van der Waals surface area contributed by atoms with Crippen molar-refractivity contribution in [1.29, 1.82) is 0 Å². The van der Waals surface area contributed by atoms with E-state index in [1.165, 1.54) is 6.07 Å². The van der Waals surface area contributed by atoms with Crippen LogP contribution in [0.25, 0.3) is 0 Å². The van der Waals surface area contributed by atoms with Crippen LogP contribution in [0, 0.1) is 0 Å². The van der Waals surface area contributed by atoms with Crippen molar-refractivity contribution in [3.63, 3.8) is 0 Å². The van der Waals surface area contributed by atoms with Crippen molar-refractivity contribution >= 4 is 21.8 Å². The summed E-state index contributed by atoms with van der Waals surface area (Å²) in [5.41, 5.74) is 1.29. The number of fused-ring (bicyclic) bond motifs is 1. The first-order valence-electron chi connectivity index (χ1n) is 9.97. The molecule has 0 bridgehead atoms. The van der Waals surface area contributed by atoms with Crippen molar-refractivity contribution in [2.75, 3.05) is 13.7 Å². The summed E-state index contributed by atoms with van der Waals surface area (Å²) >= 11 is 0. The minimum atomic E-state index is -3.61. The van der Waals surface area contributed by atoms with Crippen LogP contribution >= 0.6 is 0 Å². The molecule has 32 heavy (non-hydrogen) atoms. The number of ether oxygens (including phenoxy) is 1. The third-order valence-electron chi connectivity index (χ3n) is 5.14. The van der Waals surface area contributed by atoms with Crippen LogP contribution in [0.5, 0.6) is 5.75 Å². The number of carbonyl (C=O) groups excluding carboxylic acids is 1. The SMILES string of the molecule is COc1ccccc1[C@H](NC(=O)CCN=C1NS(=O)(=O)c2ccccc21)c1nccn1C. The molecular weight excluding hydrogens is 430 g/mol. The van der Waals surface area contributed by atoms with Crippen LogP contribution in [0.1, 0.15) is 29.4 Å². The zero-order valence-electron chi connectivity index (χ0n) is 17.6. The smallest absolute Gasteiger partial charge is 0.263 e. The van der Waals surface area contributed by atoms with E-state index in [0.29, 0.717) is 17.1 Å². The van der Waals surface area contributed by atoms with Gasteiger partial charge < -0.3 is 14.6 Å². The number of hydrogen-bond donors (Lipinski definition) is 2. The number of amidine groups is 1. The molecule has 9 nitrogen and oxygen atoms in total. The lowest BCUT2D eigenvalue weighted by molar-refractivity contribution is -0.121. The van der Waals surface area contributed by atoms with Crippen LogP contribution in [-0.4, -0.2) is 43.4 Å². The molecule has 166 valence electrons. The molecule has 0 saturated heterocycles. The number of rotatable bonds is 7. The fourth-order valence-corrected chi connectivity index (χ4v) is 4.85. The molecule has 0 radical (unpaired) electrons. The fourth-order valence-electron chi connectivity index (χ4n) is 3.60. The van der Waals surface area contributed by atoms with Gasteiger partial charge in [-0.1, -0.05) is 30.3 Å². The lowest BCUT2D eigenvalue weighted by atomic mass is 10.0. The number of benzene rings is 2. The largest absolute Gasteiger partial charge is 0.496 e. The molecule has 0 fully saturated rings. The number of aromatic nitrogens is 2. The maximum absolute atomic E-state index is 12.8. The van der Waals surface area contributed by atoms with Crippen molar-refractivity contribution in [3.05, 3.63) is 77.9 Å². The number of hydrogen-bond acceptors (Lipinski definition) is 6. The summed E-state index contributed by atoms with van der Waals surface area (Å²) in [6.07, 6.45) is 3.54. The van der Waals surface area contributed by atoms with Crippen LogP contribution < -0.4 is 14.8 Å². The molecule has 1 aliphatic rings. The first-order chi connectivity index (χ1) is 15.4. The molecule has 0 unspecified atom stereocenters. The van der Waals surface area contributed by atoms with E-state index in [4.69, 9.17) is 4.74 Å². The van der Waals surface area contributed by atoms with Crippen molar-refractivity contribution < 1.29 is 17.9 Å². The van der Waals surface area contributed by atoms with E-state index in [-0.39, 0.29) is 29.6 Å². The van der Waals surface area contributed by atoms with E-state index in [0.717, 1.165) is 5.56 Å². The molecule has 0 aliphatic carbocycles. The van der Waals surface area contributed by atoms with Crippen LogP contribution in [0.15, 0.2) is 70.8 Å². The number of nitrogens with zero attached hydrogens (tertiary/aromatic N) is 3. The fraction of sp³-hybridized carbons (Fsp3) is 0.227. The first kappa shape index (κ1) is 21.6. The third kappa shape index (κ3) is 4.22. The molecule has 0 spiro atoms.